The van der Waals surface area contributed by atoms with Crippen molar-refractivity contribution in [2.45, 2.75) is 19.4 Å². The number of H-pyrrole nitrogens is 1. The SMILES string of the molecule is CC1(C)CN(c2cc(Cl)cc3[nH]ccc23)CCN1S(C)(=O)=O. The van der Waals surface area contributed by atoms with Gasteiger partial charge < -0.3 is 9.88 Å². The summed E-state index contributed by atoms with van der Waals surface area (Å²) < 4.78 is 25.5. The second kappa shape index (κ2) is 5.15. The molecule has 0 spiro atoms. The molecular formula is C15H20ClN3O2S. The van der Waals surface area contributed by atoms with Crippen LogP contribution in [0.15, 0.2) is 24.4 Å². The van der Waals surface area contributed by atoms with E-state index < -0.39 is 15.6 Å². The van der Waals surface area contributed by atoms with Crippen LogP contribution in [0.1, 0.15) is 13.8 Å². The summed E-state index contributed by atoms with van der Waals surface area (Å²) in [4.78, 5) is 5.39. The van der Waals surface area contributed by atoms with Gasteiger partial charge in [-0.1, -0.05) is 11.6 Å². The van der Waals surface area contributed by atoms with E-state index in [1.807, 2.05) is 38.2 Å². The lowest BCUT2D eigenvalue weighted by Crippen LogP contribution is -2.60. The quantitative estimate of drug-likeness (QED) is 0.913. The summed E-state index contributed by atoms with van der Waals surface area (Å²) in [5, 5.41) is 1.78. The number of aromatic amines is 1. The number of halogens is 1. The Labute approximate surface area is 135 Å². The van der Waals surface area contributed by atoms with Crippen molar-refractivity contribution in [3.05, 3.63) is 29.4 Å². The lowest BCUT2D eigenvalue weighted by molar-refractivity contribution is 0.206. The Hall–Kier alpha value is -1.24. The van der Waals surface area contributed by atoms with Gasteiger partial charge in [-0.05, 0) is 32.0 Å². The van der Waals surface area contributed by atoms with E-state index in [1.54, 1.807) is 4.31 Å². The van der Waals surface area contributed by atoms with E-state index in [0.717, 1.165) is 16.6 Å². The van der Waals surface area contributed by atoms with Crippen molar-refractivity contribution in [2.24, 2.45) is 0 Å². The normalized spacial score (nSPS) is 19.7. The van der Waals surface area contributed by atoms with Crippen LogP contribution in [-0.4, -0.2) is 49.1 Å². The van der Waals surface area contributed by atoms with Gasteiger partial charge in [-0.15, -0.1) is 0 Å². The minimum atomic E-state index is -3.20. The Morgan fingerprint density at radius 2 is 2.00 bits per heavy atom. The van der Waals surface area contributed by atoms with Crippen LogP contribution in [-0.2, 0) is 10.0 Å². The molecule has 0 aliphatic carbocycles. The Balaban J connectivity index is 1.99. The number of hydrogen-bond acceptors (Lipinski definition) is 3. The van der Waals surface area contributed by atoms with Gasteiger partial charge in [0.2, 0.25) is 10.0 Å². The van der Waals surface area contributed by atoms with Gasteiger partial charge in [0, 0.05) is 53.0 Å². The third kappa shape index (κ3) is 2.71. The molecule has 120 valence electrons. The third-order valence-electron chi connectivity index (χ3n) is 4.18. The van der Waals surface area contributed by atoms with Crippen LogP contribution < -0.4 is 4.90 Å². The fraction of sp³-hybridized carbons (Fsp3) is 0.467. The largest absolute Gasteiger partial charge is 0.368 e. The lowest BCUT2D eigenvalue weighted by Gasteiger charge is -2.46. The Morgan fingerprint density at radius 3 is 2.64 bits per heavy atom. The summed E-state index contributed by atoms with van der Waals surface area (Å²) in [5.41, 5.74) is 1.58. The maximum absolute atomic E-state index is 12.0. The first-order valence-corrected chi connectivity index (χ1v) is 9.40. The molecule has 0 bridgehead atoms. The van der Waals surface area contributed by atoms with Crippen LogP contribution in [0.4, 0.5) is 5.69 Å². The van der Waals surface area contributed by atoms with E-state index in [9.17, 15) is 8.42 Å². The number of rotatable bonds is 2. The van der Waals surface area contributed by atoms with Gasteiger partial charge in [-0.2, -0.15) is 4.31 Å². The van der Waals surface area contributed by atoms with Gasteiger partial charge in [0.05, 0.1) is 6.26 Å². The van der Waals surface area contributed by atoms with E-state index >= 15 is 0 Å². The molecule has 5 nitrogen and oxygen atoms in total. The van der Waals surface area contributed by atoms with Crippen molar-refractivity contribution in [1.82, 2.24) is 9.29 Å². The molecule has 7 heteroatoms. The number of aromatic nitrogens is 1. The summed E-state index contributed by atoms with van der Waals surface area (Å²) in [5.74, 6) is 0. The predicted molar refractivity (Wildman–Crippen MR) is 91.2 cm³/mol. The van der Waals surface area contributed by atoms with Crippen LogP contribution in [0.5, 0.6) is 0 Å². The molecule has 1 aliphatic rings. The predicted octanol–water partition coefficient (Wildman–Crippen LogP) is 2.68. The van der Waals surface area contributed by atoms with Gasteiger partial charge >= 0.3 is 0 Å². The highest BCUT2D eigenvalue weighted by Gasteiger charge is 2.39. The highest BCUT2D eigenvalue weighted by Crippen LogP contribution is 2.34. The van der Waals surface area contributed by atoms with Gasteiger partial charge in [-0.3, -0.25) is 0 Å². The van der Waals surface area contributed by atoms with E-state index in [0.29, 0.717) is 24.7 Å². The van der Waals surface area contributed by atoms with E-state index in [2.05, 4.69) is 9.88 Å². The van der Waals surface area contributed by atoms with Crippen LogP contribution >= 0.6 is 11.6 Å². The van der Waals surface area contributed by atoms with Crippen molar-refractivity contribution in [2.75, 3.05) is 30.8 Å². The number of hydrogen-bond donors (Lipinski definition) is 1. The highest BCUT2D eigenvalue weighted by molar-refractivity contribution is 7.88. The summed E-state index contributed by atoms with van der Waals surface area (Å²) in [7, 11) is -3.20. The molecule has 1 saturated heterocycles. The molecule has 1 aromatic heterocycles. The molecule has 3 rings (SSSR count). The highest BCUT2D eigenvalue weighted by atomic mass is 35.5. The number of piperazine rings is 1. The van der Waals surface area contributed by atoms with E-state index in [4.69, 9.17) is 11.6 Å². The van der Waals surface area contributed by atoms with Crippen LogP contribution in [0.2, 0.25) is 5.02 Å². The maximum atomic E-state index is 12.0. The van der Waals surface area contributed by atoms with Crippen molar-refractivity contribution in [3.8, 4) is 0 Å². The summed E-state index contributed by atoms with van der Waals surface area (Å²) >= 11 is 6.22. The molecule has 1 aromatic carbocycles. The summed E-state index contributed by atoms with van der Waals surface area (Å²) in [6, 6.07) is 5.87. The number of benzene rings is 1. The summed E-state index contributed by atoms with van der Waals surface area (Å²) in [6.45, 7) is 5.67. The molecular weight excluding hydrogens is 322 g/mol. The second-order valence-corrected chi connectivity index (χ2v) is 8.78. The van der Waals surface area contributed by atoms with E-state index in [-0.39, 0.29) is 0 Å². The zero-order chi connectivity index (χ0) is 16.1. The fourth-order valence-corrected chi connectivity index (χ4v) is 4.92. The molecule has 1 fully saturated rings. The zero-order valence-electron chi connectivity index (χ0n) is 12.9. The zero-order valence-corrected chi connectivity index (χ0v) is 14.5. The number of fused-ring (bicyclic) bond motifs is 1. The number of nitrogens with zero attached hydrogens (tertiary/aromatic N) is 2. The first kappa shape index (κ1) is 15.6. The molecule has 0 radical (unpaired) electrons. The second-order valence-electron chi connectivity index (χ2n) is 6.43. The maximum Gasteiger partial charge on any atom is 0.211 e. The average molecular weight is 342 g/mol. The van der Waals surface area contributed by atoms with Crippen molar-refractivity contribution < 1.29 is 8.42 Å². The van der Waals surface area contributed by atoms with Gasteiger partial charge in [0.25, 0.3) is 0 Å². The molecule has 0 amide bonds. The number of nitrogens with one attached hydrogen (secondary N) is 1. The lowest BCUT2D eigenvalue weighted by atomic mass is 10.0. The topological polar surface area (TPSA) is 56.4 Å². The minimum absolute atomic E-state index is 0.462. The molecule has 0 saturated carbocycles. The smallest absolute Gasteiger partial charge is 0.211 e. The molecule has 1 aliphatic heterocycles. The number of sulfonamides is 1. The minimum Gasteiger partial charge on any atom is -0.368 e. The van der Waals surface area contributed by atoms with Crippen molar-refractivity contribution in [3.63, 3.8) is 0 Å². The van der Waals surface area contributed by atoms with E-state index in [1.165, 1.54) is 6.26 Å². The van der Waals surface area contributed by atoms with Crippen LogP contribution in [0, 0.1) is 0 Å². The third-order valence-corrected chi connectivity index (χ3v) is 5.87. The Bertz CT molecular complexity index is 813. The van der Waals surface area contributed by atoms with Gasteiger partial charge in [0.15, 0.2) is 0 Å². The molecule has 0 unspecified atom stereocenters. The molecule has 1 N–H and O–H groups in total. The van der Waals surface area contributed by atoms with Gasteiger partial charge in [-0.25, -0.2) is 8.42 Å². The first-order chi connectivity index (χ1) is 10.2. The summed E-state index contributed by atoms with van der Waals surface area (Å²) in [6.07, 6.45) is 3.16. The van der Waals surface area contributed by atoms with Crippen LogP contribution in [0.25, 0.3) is 10.9 Å². The molecule has 2 heterocycles. The Kier molecular flexibility index (Phi) is 3.66. The standard InChI is InChI=1S/C15H20ClN3O2S/c1-15(2)10-18(6-7-19(15)22(3,20)21)14-9-11(16)8-13-12(14)4-5-17-13/h4-5,8-9,17H,6-7,10H2,1-3H3. The average Bonchev–Trinajstić information content (AvgIpc) is 2.82. The fourth-order valence-electron chi connectivity index (χ4n) is 3.33. The number of anilines is 1. The monoisotopic (exact) mass is 341 g/mol. The first-order valence-electron chi connectivity index (χ1n) is 7.18. The van der Waals surface area contributed by atoms with Crippen LogP contribution in [0.3, 0.4) is 0 Å². The van der Waals surface area contributed by atoms with Crippen molar-refractivity contribution >= 4 is 38.2 Å². The van der Waals surface area contributed by atoms with Gasteiger partial charge in [0.1, 0.15) is 0 Å². The van der Waals surface area contributed by atoms with Crippen molar-refractivity contribution in [1.29, 1.82) is 0 Å². The Morgan fingerprint density at radius 1 is 1.27 bits per heavy atom. The molecule has 22 heavy (non-hydrogen) atoms. The molecule has 0 atom stereocenters. The molecule has 2 aromatic rings.